The Morgan fingerprint density at radius 1 is 1.08 bits per heavy atom. The van der Waals surface area contributed by atoms with Crippen LogP contribution in [0.2, 0.25) is 5.02 Å². The molecule has 2 aromatic rings. The first kappa shape index (κ1) is 19.4. The summed E-state index contributed by atoms with van der Waals surface area (Å²) in [6, 6.07) is 13.1. The highest BCUT2D eigenvalue weighted by Crippen LogP contribution is 2.19. The molecule has 25 heavy (non-hydrogen) atoms. The van der Waals surface area contributed by atoms with Crippen molar-refractivity contribution in [3.63, 3.8) is 0 Å². The molecule has 0 heterocycles. The number of benzene rings is 2. The molecule has 1 N–H and O–H groups in total. The van der Waals surface area contributed by atoms with Crippen LogP contribution in [0.25, 0.3) is 0 Å². The number of anilines is 1. The lowest BCUT2D eigenvalue weighted by molar-refractivity contribution is -0.115. The van der Waals surface area contributed by atoms with Gasteiger partial charge < -0.3 is 5.32 Å². The Bertz CT molecular complexity index is 832. The summed E-state index contributed by atoms with van der Waals surface area (Å²) in [6.07, 6.45) is 0.216. The van der Waals surface area contributed by atoms with Gasteiger partial charge in [-0.15, -0.1) is 0 Å². The van der Waals surface area contributed by atoms with Crippen molar-refractivity contribution >= 4 is 33.2 Å². The average Bonchev–Trinajstić information content (AvgIpc) is 2.56. The molecule has 1 amide bonds. The Kier molecular flexibility index (Phi) is 6.21. The zero-order valence-electron chi connectivity index (χ0n) is 14.4. The highest BCUT2D eigenvalue weighted by atomic mass is 35.5. The Hall–Kier alpha value is -1.89. The second-order valence-corrected chi connectivity index (χ2v) is 8.42. The highest BCUT2D eigenvalue weighted by molar-refractivity contribution is 7.89. The van der Waals surface area contributed by atoms with Crippen LogP contribution in [0, 0.1) is 0 Å². The van der Waals surface area contributed by atoms with E-state index in [1.54, 1.807) is 43.4 Å². The molecule has 0 saturated carbocycles. The van der Waals surface area contributed by atoms with E-state index in [0.29, 0.717) is 10.7 Å². The molecule has 2 aromatic carbocycles. The third kappa shape index (κ3) is 5.04. The molecule has 0 aromatic heterocycles. The van der Waals surface area contributed by atoms with Crippen LogP contribution in [-0.4, -0.2) is 31.7 Å². The molecule has 0 saturated heterocycles. The summed E-state index contributed by atoms with van der Waals surface area (Å²) in [5.41, 5.74) is 1.39. The lowest BCUT2D eigenvalue weighted by atomic mass is 10.1. The van der Waals surface area contributed by atoms with Crippen LogP contribution in [0.3, 0.4) is 0 Å². The van der Waals surface area contributed by atoms with E-state index in [9.17, 15) is 13.2 Å². The third-order valence-electron chi connectivity index (χ3n) is 3.82. The predicted octanol–water partition coefficient (Wildman–Crippen LogP) is 3.55. The predicted molar refractivity (Wildman–Crippen MR) is 100 cm³/mol. The zero-order valence-corrected chi connectivity index (χ0v) is 15.9. The number of rotatable bonds is 6. The van der Waals surface area contributed by atoms with Crippen molar-refractivity contribution in [3.8, 4) is 0 Å². The van der Waals surface area contributed by atoms with Gasteiger partial charge in [-0.2, -0.15) is 4.31 Å². The van der Waals surface area contributed by atoms with E-state index in [2.05, 4.69) is 5.32 Å². The van der Waals surface area contributed by atoms with Gasteiger partial charge in [0.1, 0.15) is 0 Å². The lowest BCUT2D eigenvalue weighted by Gasteiger charge is -2.21. The van der Waals surface area contributed by atoms with Crippen LogP contribution in [0.4, 0.5) is 5.69 Å². The lowest BCUT2D eigenvalue weighted by Crippen LogP contribution is -2.33. The molecule has 0 bridgehead atoms. The summed E-state index contributed by atoms with van der Waals surface area (Å²) in [6.45, 7) is 3.62. The van der Waals surface area contributed by atoms with E-state index < -0.39 is 10.0 Å². The number of carbonyl (C=O) groups is 1. The summed E-state index contributed by atoms with van der Waals surface area (Å²) in [5.74, 6) is -0.183. The first-order chi connectivity index (χ1) is 11.7. The van der Waals surface area contributed by atoms with Gasteiger partial charge in [0, 0.05) is 23.8 Å². The molecule has 2 rings (SSSR count). The molecule has 0 atom stereocenters. The number of hydrogen-bond donors (Lipinski definition) is 1. The van der Waals surface area contributed by atoms with Gasteiger partial charge in [0.05, 0.1) is 11.3 Å². The number of carbonyl (C=O) groups excluding carboxylic acids is 1. The molecule has 5 nitrogen and oxygen atoms in total. The molecule has 134 valence electrons. The van der Waals surface area contributed by atoms with E-state index in [4.69, 9.17) is 11.6 Å². The van der Waals surface area contributed by atoms with Crippen molar-refractivity contribution in [2.45, 2.75) is 31.2 Å². The van der Waals surface area contributed by atoms with Crippen molar-refractivity contribution in [2.75, 3.05) is 12.4 Å². The fraction of sp³-hybridized carbons (Fsp3) is 0.278. The molecule has 0 unspecified atom stereocenters. The third-order valence-corrected chi connectivity index (χ3v) is 6.12. The maximum atomic E-state index is 12.4. The maximum Gasteiger partial charge on any atom is 0.243 e. The van der Waals surface area contributed by atoms with E-state index >= 15 is 0 Å². The second-order valence-electron chi connectivity index (χ2n) is 5.99. The Morgan fingerprint density at radius 2 is 1.64 bits per heavy atom. The van der Waals surface area contributed by atoms with Gasteiger partial charge in [-0.05, 0) is 55.8 Å². The van der Waals surface area contributed by atoms with Crippen LogP contribution in [-0.2, 0) is 21.2 Å². The standard InChI is InChI=1S/C18H21ClN2O3S/c1-13(2)21(3)25(23,24)17-10-8-16(9-11-17)20-18(22)12-14-4-6-15(19)7-5-14/h4-11,13H,12H2,1-3H3,(H,20,22). The van der Waals surface area contributed by atoms with E-state index in [-0.39, 0.29) is 23.3 Å². The van der Waals surface area contributed by atoms with Crippen molar-refractivity contribution < 1.29 is 13.2 Å². The SMILES string of the molecule is CC(C)N(C)S(=O)(=O)c1ccc(NC(=O)Cc2ccc(Cl)cc2)cc1. The normalized spacial score (nSPS) is 11.8. The quantitative estimate of drug-likeness (QED) is 0.833. The topological polar surface area (TPSA) is 66.5 Å². The van der Waals surface area contributed by atoms with Gasteiger partial charge in [-0.25, -0.2) is 8.42 Å². The fourth-order valence-electron chi connectivity index (χ4n) is 2.15. The molecular weight excluding hydrogens is 360 g/mol. The molecule has 0 aliphatic heterocycles. The second kappa shape index (κ2) is 7.99. The van der Waals surface area contributed by atoms with Gasteiger partial charge in [0.25, 0.3) is 0 Å². The first-order valence-electron chi connectivity index (χ1n) is 7.82. The van der Waals surface area contributed by atoms with Gasteiger partial charge in [-0.1, -0.05) is 23.7 Å². The van der Waals surface area contributed by atoms with Gasteiger partial charge in [0.2, 0.25) is 15.9 Å². The number of nitrogens with one attached hydrogen (secondary N) is 1. The van der Waals surface area contributed by atoms with Crippen LogP contribution >= 0.6 is 11.6 Å². The molecule has 0 spiro atoms. The Balaban J connectivity index is 2.05. The largest absolute Gasteiger partial charge is 0.326 e. The van der Waals surface area contributed by atoms with Gasteiger partial charge in [-0.3, -0.25) is 4.79 Å². The van der Waals surface area contributed by atoms with Crippen LogP contribution < -0.4 is 5.32 Å². The van der Waals surface area contributed by atoms with Crippen molar-refractivity contribution in [3.05, 3.63) is 59.1 Å². The molecule has 7 heteroatoms. The number of amides is 1. The van der Waals surface area contributed by atoms with Gasteiger partial charge >= 0.3 is 0 Å². The fourth-order valence-corrected chi connectivity index (χ4v) is 3.64. The molecule has 0 aliphatic rings. The van der Waals surface area contributed by atoms with Crippen molar-refractivity contribution in [1.29, 1.82) is 0 Å². The molecular formula is C18H21ClN2O3S. The summed E-state index contributed by atoms with van der Waals surface area (Å²) in [5, 5.41) is 3.37. The number of halogens is 1. The number of nitrogens with zero attached hydrogens (tertiary/aromatic N) is 1. The minimum atomic E-state index is -3.53. The summed E-state index contributed by atoms with van der Waals surface area (Å²) in [4.78, 5) is 12.3. The van der Waals surface area contributed by atoms with Gasteiger partial charge in [0.15, 0.2) is 0 Å². The van der Waals surface area contributed by atoms with E-state index in [0.717, 1.165) is 5.56 Å². The first-order valence-corrected chi connectivity index (χ1v) is 9.64. The summed E-state index contributed by atoms with van der Waals surface area (Å²) >= 11 is 5.82. The molecule has 0 aliphatic carbocycles. The highest BCUT2D eigenvalue weighted by Gasteiger charge is 2.22. The van der Waals surface area contributed by atoms with E-state index in [1.807, 2.05) is 13.8 Å². The van der Waals surface area contributed by atoms with Crippen molar-refractivity contribution in [1.82, 2.24) is 4.31 Å². The smallest absolute Gasteiger partial charge is 0.243 e. The van der Waals surface area contributed by atoms with Crippen LogP contribution in [0.5, 0.6) is 0 Å². The average molecular weight is 381 g/mol. The van der Waals surface area contributed by atoms with Crippen LogP contribution in [0.15, 0.2) is 53.4 Å². The Morgan fingerprint density at radius 3 is 2.16 bits per heavy atom. The maximum absolute atomic E-state index is 12.4. The van der Waals surface area contributed by atoms with Crippen molar-refractivity contribution in [2.24, 2.45) is 0 Å². The molecule has 0 radical (unpaired) electrons. The number of sulfonamides is 1. The van der Waals surface area contributed by atoms with Crippen LogP contribution in [0.1, 0.15) is 19.4 Å². The summed E-state index contributed by atoms with van der Waals surface area (Å²) < 4.78 is 26.1. The Labute approximate surface area is 153 Å². The summed E-state index contributed by atoms with van der Waals surface area (Å²) in [7, 11) is -1.98. The number of hydrogen-bond acceptors (Lipinski definition) is 3. The molecule has 0 fully saturated rings. The monoisotopic (exact) mass is 380 g/mol. The minimum absolute atomic E-state index is 0.135. The van der Waals surface area contributed by atoms with E-state index in [1.165, 1.54) is 16.4 Å². The zero-order chi connectivity index (χ0) is 18.6. The minimum Gasteiger partial charge on any atom is -0.326 e.